The Morgan fingerprint density at radius 2 is 2.05 bits per heavy atom. The summed E-state index contributed by atoms with van der Waals surface area (Å²) in [5, 5.41) is 9.51. The third-order valence-electron chi connectivity index (χ3n) is 2.89. The number of halogens is 3. The van der Waals surface area contributed by atoms with Crippen LogP contribution < -0.4 is 10.9 Å². The van der Waals surface area contributed by atoms with Gasteiger partial charge in [0.2, 0.25) is 5.43 Å². The number of aromatic nitrogens is 1. The first-order valence-electron chi connectivity index (χ1n) is 5.29. The first-order chi connectivity index (χ1) is 8.73. The van der Waals surface area contributed by atoms with Gasteiger partial charge in [-0.15, -0.1) is 0 Å². The monoisotopic (exact) mass is 277 g/mol. The minimum absolute atomic E-state index is 0.380. The number of amides is 1. The van der Waals surface area contributed by atoms with E-state index >= 15 is 0 Å². The number of alkyl halides is 3. The minimum atomic E-state index is -4.59. The molecule has 0 saturated carbocycles. The van der Waals surface area contributed by atoms with Crippen molar-refractivity contribution >= 4 is 5.91 Å². The number of hydrogen-bond donors (Lipinski definition) is 2. The van der Waals surface area contributed by atoms with Gasteiger partial charge in [0.15, 0.2) is 11.4 Å². The number of rotatable bonds is 1. The lowest BCUT2D eigenvalue weighted by atomic mass is 10.2. The van der Waals surface area contributed by atoms with E-state index in [-0.39, 0.29) is 6.67 Å². The van der Waals surface area contributed by atoms with Crippen LogP contribution in [0.2, 0.25) is 0 Å². The van der Waals surface area contributed by atoms with Gasteiger partial charge >= 0.3 is 6.18 Å². The largest absolute Gasteiger partial charge is 0.502 e. The number of pyridine rings is 1. The van der Waals surface area contributed by atoms with Crippen LogP contribution in [0.15, 0.2) is 17.1 Å². The van der Waals surface area contributed by atoms with Crippen LogP contribution in [-0.4, -0.2) is 39.5 Å². The molecule has 0 radical (unpaired) electrons. The fourth-order valence-electron chi connectivity index (χ4n) is 1.71. The van der Waals surface area contributed by atoms with Crippen LogP contribution >= 0.6 is 0 Å². The van der Waals surface area contributed by atoms with E-state index in [0.717, 1.165) is 17.7 Å². The minimum Gasteiger partial charge on any atom is -0.502 e. The standard InChI is InChI=1S/C10H10F3N3O3/c1-5(10(11,12)13)15-4-14-16-3-2-6(17)8(18)7(16)9(15)19/h2-3,5,14,18H,4H2,1H3/t5-/m1/s1. The van der Waals surface area contributed by atoms with Gasteiger partial charge in [0.1, 0.15) is 12.7 Å². The van der Waals surface area contributed by atoms with E-state index in [0.29, 0.717) is 4.90 Å². The van der Waals surface area contributed by atoms with E-state index in [2.05, 4.69) is 5.43 Å². The Morgan fingerprint density at radius 3 is 2.63 bits per heavy atom. The van der Waals surface area contributed by atoms with Gasteiger partial charge in [-0.2, -0.15) is 13.2 Å². The van der Waals surface area contributed by atoms with Crippen molar-refractivity contribution in [1.82, 2.24) is 9.58 Å². The quantitative estimate of drug-likeness (QED) is 0.782. The average Bonchev–Trinajstić information content (AvgIpc) is 2.32. The van der Waals surface area contributed by atoms with Crippen molar-refractivity contribution in [1.29, 1.82) is 0 Å². The van der Waals surface area contributed by atoms with Crippen molar-refractivity contribution in [2.24, 2.45) is 0 Å². The molecule has 1 aromatic heterocycles. The Bertz CT molecular complexity index is 582. The number of aromatic hydroxyl groups is 1. The normalized spacial score (nSPS) is 16.8. The summed E-state index contributed by atoms with van der Waals surface area (Å²) in [6, 6.07) is -1.03. The van der Waals surface area contributed by atoms with E-state index in [1.807, 2.05) is 0 Å². The van der Waals surface area contributed by atoms with Gasteiger partial charge in [0.25, 0.3) is 5.91 Å². The van der Waals surface area contributed by atoms with Crippen LogP contribution in [0.1, 0.15) is 17.4 Å². The van der Waals surface area contributed by atoms with Crippen LogP contribution in [0.25, 0.3) is 0 Å². The highest BCUT2D eigenvalue weighted by Crippen LogP contribution is 2.27. The third kappa shape index (κ3) is 2.11. The van der Waals surface area contributed by atoms with Crippen LogP contribution in [0.4, 0.5) is 13.2 Å². The van der Waals surface area contributed by atoms with Crippen molar-refractivity contribution in [3.8, 4) is 5.75 Å². The molecule has 2 N–H and O–H groups in total. The highest BCUT2D eigenvalue weighted by molar-refractivity contribution is 5.96. The first-order valence-corrected chi connectivity index (χ1v) is 5.29. The Balaban J connectivity index is 2.45. The van der Waals surface area contributed by atoms with Crippen molar-refractivity contribution in [2.45, 2.75) is 19.1 Å². The topological polar surface area (TPSA) is 74.6 Å². The van der Waals surface area contributed by atoms with Gasteiger partial charge in [-0.3, -0.25) is 14.3 Å². The summed E-state index contributed by atoms with van der Waals surface area (Å²) in [6.07, 6.45) is -3.42. The second-order valence-corrected chi connectivity index (χ2v) is 4.06. The lowest BCUT2D eigenvalue weighted by molar-refractivity contribution is -0.172. The third-order valence-corrected chi connectivity index (χ3v) is 2.89. The fraction of sp³-hybridized carbons (Fsp3) is 0.400. The Morgan fingerprint density at radius 1 is 1.42 bits per heavy atom. The molecule has 2 rings (SSSR count). The molecule has 0 spiro atoms. The summed E-state index contributed by atoms with van der Waals surface area (Å²) in [7, 11) is 0. The zero-order valence-electron chi connectivity index (χ0n) is 9.73. The van der Waals surface area contributed by atoms with Crippen LogP contribution in [-0.2, 0) is 0 Å². The lowest BCUT2D eigenvalue weighted by Crippen LogP contribution is -2.54. The second-order valence-electron chi connectivity index (χ2n) is 4.06. The van der Waals surface area contributed by atoms with Gasteiger partial charge in [-0.25, -0.2) is 0 Å². The summed E-state index contributed by atoms with van der Waals surface area (Å²) in [5.41, 5.74) is 1.15. The molecule has 19 heavy (non-hydrogen) atoms. The van der Waals surface area contributed by atoms with Crippen molar-refractivity contribution in [3.05, 3.63) is 28.2 Å². The summed E-state index contributed by atoms with van der Waals surface area (Å²) >= 11 is 0. The maximum Gasteiger partial charge on any atom is 0.408 e. The fourth-order valence-corrected chi connectivity index (χ4v) is 1.71. The Kier molecular flexibility index (Phi) is 2.91. The Hall–Kier alpha value is -2.19. The van der Waals surface area contributed by atoms with E-state index in [9.17, 15) is 27.9 Å². The maximum absolute atomic E-state index is 12.6. The van der Waals surface area contributed by atoms with Gasteiger partial charge < -0.3 is 15.4 Å². The van der Waals surface area contributed by atoms with E-state index < -0.39 is 35.0 Å². The second kappa shape index (κ2) is 4.18. The summed E-state index contributed by atoms with van der Waals surface area (Å²) in [6.45, 7) is 0.447. The van der Waals surface area contributed by atoms with Gasteiger partial charge in [0, 0.05) is 12.3 Å². The van der Waals surface area contributed by atoms with Gasteiger partial charge in [-0.1, -0.05) is 0 Å². The van der Waals surface area contributed by atoms with Crippen molar-refractivity contribution < 1.29 is 23.1 Å². The van der Waals surface area contributed by atoms with Gasteiger partial charge in [0.05, 0.1) is 0 Å². The summed E-state index contributed by atoms with van der Waals surface area (Å²) < 4.78 is 38.9. The predicted octanol–water partition coefficient (Wildman–Crippen LogP) is 0.462. The lowest BCUT2D eigenvalue weighted by Gasteiger charge is -2.35. The predicted molar refractivity (Wildman–Crippen MR) is 58.3 cm³/mol. The zero-order valence-corrected chi connectivity index (χ0v) is 9.73. The molecule has 0 aromatic carbocycles. The van der Waals surface area contributed by atoms with Crippen LogP contribution in [0.3, 0.4) is 0 Å². The Labute approximate surface area is 105 Å². The maximum atomic E-state index is 12.6. The zero-order chi connectivity index (χ0) is 14.4. The molecule has 1 atom stereocenters. The molecule has 6 nitrogen and oxygen atoms in total. The number of fused-ring (bicyclic) bond motifs is 1. The number of nitrogens with one attached hydrogen (secondary N) is 1. The van der Waals surface area contributed by atoms with Crippen LogP contribution in [0.5, 0.6) is 5.75 Å². The molecule has 9 heteroatoms. The molecule has 0 fully saturated rings. The van der Waals surface area contributed by atoms with Crippen molar-refractivity contribution in [2.75, 3.05) is 12.1 Å². The summed E-state index contributed by atoms with van der Waals surface area (Å²) in [4.78, 5) is 23.7. The molecule has 0 aliphatic carbocycles. The molecule has 0 bridgehead atoms. The number of carbonyl (C=O) groups is 1. The molecular formula is C10H10F3N3O3. The highest BCUT2D eigenvalue weighted by Gasteiger charge is 2.44. The molecule has 104 valence electrons. The number of carbonyl (C=O) groups excluding carboxylic acids is 1. The van der Waals surface area contributed by atoms with E-state index in [1.165, 1.54) is 6.20 Å². The summed E-state index contributed by atoms with van der Waals surface area (Å²) in [5.74, 6) is -1.93. The van der Waals surface area contributed by atoms with Crippen molar-refractivity contribution in [3.63, 3.8) is 0 Å². The smallest absolute Gasteiger partial charge is 0.408 e. The van der Waals surface area contributed by atoms with Crippen LogP contribution in [0, 0.1) is 0 Å². The molecule has 0 saturated heterocycles. The average molecular weight is 277 g/mol. The number of nitrogens with zero attached hydrogens (tertiary/aromatic N) is 2. The molecular weight excluding hydrogens is 267 g/mol. The number of hydrogen-bond acceptors (Lipinski definition) is 4. The molecule has 0 unspecified atom stereocenters. The molecule has 1 aliphatic heterocycles. The SMILES string of the molecule is C[C@@H](N1CNn2ccc(=O)c(O)c2C1=O)C(F)(F)F. The van der Waals surface area contributed by atoms with E-state index in [1.54, 1.807) is 0 Å². The van der Waals surface area contributed by atoms with E-state index in [4.69, 9.17) is 0 Å². The molecule has 1 aliphatic rings. The highest BCUT2D eigenvalue weighted by atomic mass is 19.4. The van der Waals surface area contributed by atoms with Gasteiger partial charge in [-0.05, 0) is 6.92 Å². The molecule has 1 amide bonds. The molecule has 1 aromatic rings. The molecule has 2 heterocycles. The first kappa shape index (κ1) is 13.2.